The van der Waals surface area contributed by atoms with Gasteiger partial charge in [-0.25, -0.2) is 13.1 Å². The molecule has 1 rings (SSSR count). The number of aryl methyl sites for hydroxylation is 1. The number of aromatic nitrogens is 2. The predicted octanol–water partition coefficient (Wildman–Crippen LogP) is -0.270. The van der Waals surface area contributed by atoms with Gasteiger partial charge in [0.1, 0.15) is 4.90 Å². The van der Waals surface area contributed by atoms with Gasteiger partial charge < -0.3 is 5.32 Å². The molecule has 2 N–H and O–H groups in total. The molecule has 16 heavy (non-hydrogen) atoms. The minimum absolute atomic E-state index is 0. The van der Waals surface area contributed by atoms with Gasteiger partial charge in [0.15, 0.2) is 0 Å². The second-order valence-electron chi connectivity index (χ2n) is 3.20. The highest BCUT2D eigenvalue weighted by molar-refractivity contribution is 7.89. The number of hydrogen-bond donors (Lipinski definition) is 2. The Balaban J connectivity index is 0.00000225. The first-order valence-electron chi connectivity index (χ1n) is 4.69. The maximum Gasteiger partial charge on any atom is 0.243 e. The Kier molecular flexibility index (Phi) is 6.58. The van der Waals surface area contributed by atoms with Crippen LogP contribution in [0.25, 0.3) is 0 Å². The van der Waals surface area contributed by atoms with Gasteiger partial charge in [0.2, 0.25) is 10.0 Å². The summed E-state index contributed by atoms with van der Waals surface area (Å²) in [5, 5.41) is 6.76. The summed E-state index contributed by atoms with van der Waals surface area (Å²) in [4.78, 5) is 0.203. The van der Waals surface area contributed by atoms with Crippen LogP contribution >= 0.6 is 12.4 Å². The third kappa shape index (κ3) is 4.48. The van der Waals surface area contributed by atoms with Crippen LogP contribution in [-0.2, 0) is 17.1 Å². The highest BCUT2D eigenvalue weighted by Crippen LogP contribution is 2.05. The molecule has 0 aliphatic heterocycles. The van der Waals surface area contributed by atoms with Gasteiger partial charge in [-0.2, -0.15) is 5.10 Å². The number of nitrogens with zero attached hydrogens (tertiary/aromatic N) is 2. The standard InChI is InChI=1S/C8H16N4O2S.ClH/c1-9-4-3-5-11-15(13,14)8-6-10-12(2)7-8;/h6-7,9,11H,3-5H2,1-2H3;1H. The van der Waals surface area contributed by atoms with Crippen molar-refractivity contribution < 1.29 is 8.42 Å². The van der Waals surface area contributed by atoms with Gasteiger partial charge in [-0.3, -0.25) is 4.68 Å². The van der Waals surface area contributed by atoms with E-state index in [0.29, 0.717) is 6.54 Å². The first-order chi connectivity index (χ1) is 7.06. The minimum atomic E-state index is -3.38. The third-order valence-electron chi connectivity index (χ3n) is 1.89. The van der Waals surface area contributed by atoms with E-state index in [9.17, 15) is 8.42 Å². The Morgan fingerprint density at radius 1 is 1.44 bits per heavy atom. The Morgan fingerprint density at radius 2 is 2.12 bits per heavy atom. The zero-order valence-corrected chi connectivity index (χ0v) is 10.9. The predicted molar refractivity (Wildman–Crippen MR) is 64.2 cm³/mol. The molecular formula is C8H17ClN4O2S. The van der Waals surface area contributed by atoms with Gasteiger partial charge in [0.05, 0.1) is 6.20 Å². The molecule has 0 aliphatic carbocycles. The third-order valence-corrected chi connectivity index (χ3v) is 3.30. The van der Waals surface area contributed by atoms with E-state index < -0.39 is 10.0 Å². The number of sulfonamides is 1. The lowest BCUT2D eigenvalue weighted by atomic mass is 10.4. The first-order valence-corrected chi connectivity index (χ1v) is 6.17. The number of nitrogens with one attached hydrogen (secondary N) is 2. The molecule has 0 saturated carbocycles. The minimum Gasteiger partial charge on any atom is -0.320 e. The molecule has 0 unspecified atom stereocenters. The lowest BCUT2D eigenvalue weighted by Gasteiger charge is -2.03. The summed E-state index contributed by atoms with van der Waals surface area (Å²) in [5.41, 5.74) is 0. The lowest BCUT2D eigenvalue weighted by Crippen LogP contribution is -2.26. The van der Waals surface area contributed by atoms with E-state index in [-0.39, 0.29) is 17.3 Å². The molecule has 0 aliphatic rings. The average molecular weight is 269 g/mol. The van der Waals surface area contributed by atoms with Gasteiger partial charge in [0.25, 0.3) is 0 Å². The van der Waals surface area contributed by atoms with Crippen LogP contribution in [0.15, 0.2) is 17.3 Å². The molecule has 94 valence electrons. The van der Waals surface area contributed by atoms with Gasteiger partial charge in [0, 0.05) is 19.8 Å². The molecule has 0 atom stereocenters. The Bertz CT molecular complexity index is 404. The van der Waals surface area contributed by atoms with Gasteiger partial charge >= 0.3 is 0 Å². The van der Waals surface area contributed by atoms with Crippen LogP contribution in [0.4, 0.5) is 0 Å². The van der Waals surface area contributed by atoms with Crippen molar-refractivity contribution in [2.75, 3.05) is 20.1 Å². The van der Waals surface area contributed by atoms with Crippen molar-refractivity contribution in [2.24, 2.45) is 7.05 Å². The van der Waals surface area contributed by atoms with E-state index in [4.69, 9.17) is 0 Å². The topological polar surface area (TPSA) is 76.0 Å². The molecule has 0 amide bonds. The van der Waals surface area contributed by atoms with Crippen molar-refractivity contribution in [2.45, 2.75) is 11.3 Å². The molecule has 1 aromatic heterocycles. The molecule has 0 aromatic carbocycles. The van der Waals surface area contributed by atoms with E-state index in [1.54, 1.807) is 7.05 Å². The molecule has 6 nitrogen and oxygen atoms in total. The normalized spacial score (nSPS) is 11.1. The van der Waals surface area contributed by atoms with Gasteiger partial charge in [-0.05, 0) is 20.0 Å². The zero-order valence-electron chi connectivity index (χ0n) is 9.30. The Labute approximate surface area is 102 Å². The van der Waals surface area contributed by atoms with Crippen molar-refractivity contribution in [3.8, 4) is 0 Å². The van der Waals surface area contributed by atoms with E-state index in [1.807, 2.05) is 7.05 Å². The number of hydrogen-bond acceptors (Lipinski definition) is 4. The molecule has 0 fully saturated rings. The van der Waals surface area contributed by atoms with E-state index >= 15 is 0 Å². The highest BCUT2D eigenvalue weighted by atomic mass is 35.5. The average Bonchev–Trinajstić information content (AvgIpc) is 2.60. The fourth-order valence-corrected chi connectivity index (χ4v) is 2.15. The molecule has 0 bridgehead atoms. The molecule has 0 saturated heterocycles. The van der Waals surface area contributed by atoms with Gasteiger partial charge in [-0.15, -0.1) is 12.4 Å². The summed E-state index contributed by atoms with van der Waals surface area (Å²) in [6.45, 7) is 1.22. The second-order valence-corrected chi connectivity index (χ2v) is 4.97. The van der Waals surface area contributed by atoms with Crippen LogP contribution < -0.4 is 10.0 Å². The van der Waals surface area contributed by atoms with Crippen LogP contribution in [0.5, 0.6) is 0 Å². The maximum atomic E-state index is 11.6. The van der Waals surface area contributed by atoms with Crippen molar-refractivity contribution in [3.63, 3.8) is 0 Å². The molecule has 1 aromatic rings. The molecule has 0 spiro atoms. The van der Waals surface area contributed by atoms with E-state index in [1.165, 1.54) is 17.1 Å². The summed E-state index contributed by atoms with van der Waals surface area (Å²) in [5.74, 6) is 0. The van der Waals surface area contributed by atoms with Crippen LogP contribution in [0.3, 0.4) is 0 Å². The zero-order chi connectivity index (χ0) is 11.3. The van der Waals surface area contributed by atoms with E-state index in [2.05, 4.69) is 15.1 Å². The summed E-state index contributed by atoms with van der Waals surface area (Å²) >= 11 is 0. The van der Waals surface area contributed by atoms with Gasteiger partial charge in [-0.1, -0.05) is 0 Å². The summed E-state index contributed by atoms with van der Waals surface area (Å²) in [6.07, 6.45) is 3.57. The summed E-state index contributed by atoms with van der Waals surface area (Å²) < 4.78 is 27.2. The fraction of sp³-hybridized carbons (Fsp3) is 0.625. The van der Waals surface area contributed by atoms with Crippen molar-refractivity contribution in [1.29, 1.82) is 0 Å². The monoisotopic (exact) mass is 268 g/mol. The molecule has 1 heterocycles. The molecule has 0 radical (unpaired) electrons. The van der Waals surface area contributed by atoms with Crippen molar-refractivity contribution >= 4 is 22.4 Å². The van der Waals surface area contributed by atoms with Crippen LogP contribution in [0, 0.1) is 0 Å². The van der Waals surface area contributed by atoms with Crippen LogP contribution in [0.1, 0.15) is 6.42 Å². The first kappa shape index (κ1) is 15.4. The van der Waals surface area contributed by atoms with Crippen LogP contribution in [0.2, 0.25) is 0 Å². The van der Waals surface area contributed by atoms with Crippen molar-refractivity contribution in [1.82, 2.24) is 19.8 Å². The number of rotatable bonds is 6. The molecular weight excluding hydrogens is 252 g/mol. The Morgan fingerprint density at radius 3 is 2.62 bits per heavy atom. The van der Waals surface area contributed by atoms with Crippen LogP contribution in [-0.4, -0.2) is 38.3 Å². The SMILES string of the molecule is CNCCCNS(=O)(=O)c1cnn(C)c1.Cl. The van der Waals surface area contributed by atoms with E-state index in [0.717, 1.165) is 13.0 Å². The Hall–Kier alpha value is -0.630. The fourth-order valence-electron chi connectivity index (χ4n) is 1.09. The summed E-state index contributed by atoms with van der Waals surface area (Å²) in [7, 11) is 0.129. The highest BCUT2D eigenvalue weighted by Gasteiger charge is 2.14. The smallest absolute Gasteiger partial charge is 0.243 e. The molecule has 8 heteroatoms. The largest absolute Gasteiger partial charge is 0.320 e. The lowest BCUT2D eigenvalue weighted by molar-refractivity contribution is 0.577. The van der Waals surface area contributed by atoms with Crippen molar-refractivity contribution in [3.05, 3.63) is 12.4 Å². The quantitative estimate of drug-likeness (QED) is 0.697. The number of halogens is 1. The maximum absolute atomic E-state index is 11.6. The second kappa shape index (κ2) is 6.85. The summed E-state index contributed by atoms with van der Waals surface area (Å²) in [6, 6.07) is 0.